The maximum absolute atomic E-state index is 13.9. The molecule has 1 aromatic heterocycles. The molecule has 0 saturated carbocycles. The molecule has 1 aromatic carbocycles. The van der Waals surface area contributed by atoms with Gasteiger partial charge in [0, 0.05) is 24.4 Å². The van der Waals surface area contributed by atoms with Gasteiger partial charge < -0.3 is 5.11 Å². The van der Waals surface area contributed by atoms with Gasteiger partial charge in [-0.2, -0.15) is 13.2 Å². The Kier molecular flexibility index (Phi) is 4.49. The summed E-state index contributed by atoms with van der Waals surface area (Å²) in [4.78, 5) is 3.75. The number of halogens is 5. The Bertz CT molecular complexity index is 645. The molecule has 2 rings (SSSR count). The Morgan fingerprint density at radius 2 is 1.95 bits per heavy atom. The molecule has 21 heavy (non-hydrogen) atoms. The molecular weight excluding hydrogens is 310 g/mol. The Balaban J connectivity index is 2.32. The molecule has 2 aromatic rings. The van der Waals surface area contributed by atoms with Crippen molar-refractivity contribution in [2.45, 2.75) is 18.7 Å². The van der Waals surface area contributed by atoms with Crippen molar-refractivity contribution in [3.63, 3.8) is 0 Å². The number of aromatic nitrogens is 1. The van der Waals surface area contributed by atoms with Crippen molar-refractivity contribution in [3.05, 3.63) is 64.2 Å². The van der Waals surface area contributed by atoms with Crippen LogP contribution in [0.2, 0.25) is 5.02 Å². The maximum atomic E-state index is 13.9. The Morgan fingerprint density at radius 1 is 1.24 bits per heavy atom. The molecule has 0 amide bonds. The number of rotatable bonds is 3. The molecule has 0 aliphatic rings. The third kappa shape index (κ3) is 3.51. The zero-order valence-electron chi connectivity index (χ0n) is 10.5. The topological polar surface area (TPSA) is 33.1 Å². The van der Waals surface area contributed by atoms with Crippen LogP contribution in [0.25, 0.3) is 0 Å². The Labute approximate surface area is 123 Å². The standard InChI is InChI=1S/C14H10ClF4NO/c15-11-7-20-5-4-8(11)6-12(21)9-2-1-3-10(13(9)16)14(17,18)19/h1-5,7,12,21H,6H2. The van der Waals surface area contributed by atoms with Gasteiger partial charge >= 0.3 is 6.18 Å². The van der Waals surface area contributed by atoms with Crippen LogP contribution in [0.3, 0.4) is 0 Å². The highest BCUT2D eigenvalue weighted by Crippen LogP contribution is 2.34. The van der Waals surface area contributed by atoms with Crippen LogP contribution in [0.5, 0.6) is 0 Å². The first-order valence-electron chi connectivity index (χ1n) is 5.92. The summed E-state index contributed by atoms with van der Waals surface area (Å²) < 4.78 is 51.8. The monoisotopic (exact) mass is 319 g/mol. The predicted octanol–water partition coefficient (Wildman–Crippen LogP) is 4.17. The SMILES string of the molecule is OC(Cc1ccncc1Cl)c1cccc(C(F)(F)F)c1F. The van der Waals surface area contributed by atoms with E-state index in [-0.39, 0.29) is 11.4 Å². The first-order chi connectivity index (χ1) is 9.80. The van der Waals surface area contributed by atoms with Crippen LogP contribution in [-0.2, 0) is 12.6 Å². The van der Waals surface area contributed by atoms with Crippen LogP contribution in [0.4, 0.5) is 17.6 Å². The van der Waals surface area contributed by atoms with Crippen molar-refractivity contribution >= 4 is 11.6 Å². The molecule has 1 atom stereocenters. The largest absolute Gasteiger partial charge is 0.419 e. The van der Waals surface area contributed by atoms with Crippen molar-refractivity contribution in [3.8, 4) is 0 Å². The zero-order valence-corrected chi connectivity index (χ0v) is 11.3. The van der Waals surface area contributed by atoms with Crippen molar-refractivity contribution in [1.82, 2.24) is 4.98 Å². The minimum absolute atomic E-state index is 0.112. The summed E-state index contributed by atoms with van der Waals surface area (Å²) in [5, 5.41) is 10.2. The number of benzene rings is 1. The molecule has 0 fully saturated rings. The highest BCUT2D eigenvalue weighted by atomic mass is 35.5. The number of aliphatic hydroxyl groups is 1. The fourth-order valence-corrected chi connectivity index (χ4v) is 2.11. The number of pyridine rings is 1. The summed E-state index contributed by atoms with van der Waals surface area (Å²) in [6.45, 7) is 0. The first-order valence-corrected chi connectivity index (χ1v) is 6.30. The van der Waals surface area contributed by atoms with Gasteiger partial charge in [0.1, 0.15) is 5.82 Å². The van der Waals surface area contributed by atoms with E-state index >= 15 is 0 Å². The van der Waals surface area contributed by atoms with Crippen LogP contribution in [0.1, 0.15) is 22.8 Å². The van der Waals surface area contributed by atoms with E-state index in [9.17, 15) is 22.7 Å². The molecule has 0 aliphatic heterocycles. The van der Waals surface area contributed by atoms with Crippen LogP contribution in [0, 0.1) is 5.82 Å². The number of hydrogen-bond donors (Lipinski definition) is 1. The summed E-state index contributed by atoms with van der Waals surface area (Å²) in [6, 6.07) is 4.31. The van der Waals surface area contributed by atoms with Gasteiger partial charge in [-0.25, -0.2) is 4.39 Å². The quantitative estimate of drug-likeness (QED) is 0.861. The first kappa shape index (κ1) is 15.7. The lowest BCUT2D eigenvalue weighted by Crippen LogP contribution is -2.12. The van der Waals surface area contributed by atoms with Crippen LogP contribution in [0.15, 0.2) is 36.7 Å². The van der Waals surface area contributed by atoms with E-state index in [0.717, 1.165) is 12.1 Å². The van der Waals surface area contributed by atoms with Gasteiger partial charge in [-0.15, -0.1) is 0 Å². The number of alkyl halides is 3. The van der Waals surface area contributed by atoms with E-state index < -0.39 is 29.2 Å². The van der Waals surface area contributed by atoms with E-state index in [1.165, 1.54) is 18.5 Å². The van der Waals surface area contributed by atoms with E-state index in [1.807, 2.05) is 0 Å². The highest BCUT2D eigenvalue weighted by Gasteiger charge is 2.35. The lowest BCUT2D eigenvalue weighted by Gasteiger charge is -2.16. The molecule has 7 heteroatoms. The smallest absolute Gasteiger partial charge is 0.388 e. The van der Waals surface area contributed by atoms with E-state index in [0.29, 0.717) is 11.6 Å². The molecular formula is C14H10ClF4NO. The number of aliphatic hydroxyl groups excluding tert-OH is 1. The van der Waals surface area contributed by atoms with Crippen LogP contribution >= 0.6 is 11.6 Å². The van der Waals surface area contributed by atoms with Crippen LogP contribution in [-0.4, -0.2) is 10.1 Å². The normalized spacial score (nSPS) is 13.2. The van der Waals surface area contributed by atoms with E-state index in [4.69, 9.17) is 11.6 Å². The molecule has 2 nitrogen and oxygen atoms in total. The molecule has 112 valence electrons. The van der Waals surface area contributed by atoms with Gasteiger partial charge in [0.15, 0.2) is 0 Å². The molecule has 1 heterocycles. The third-order valence-corrected chi connectivity index (χ3v) is 3.30. The molecule has 0 saturated heterocycles. The van der Waals surface area contributed by atoms with Crippen molar-refractivity contribution in [2.24, 2.45) is 0 Å². The van der Waals surface area contributed by atoms with Gasteiger partial charge in [0.2, 0.25) is 0 Å². The zero-order chi connectivity index (χ0) is 15.6. The van der Waals surface area contributed by atoms with Gasteiger partial charge in [-0.3, -0.25) is 4.98 Å². The number of hydrogen-bond acceptors (Lipinski definition) is 2. The van der Waals surface area contributed by atoms with Gasteiger partial charge in [0.25, 0.3) is 0 Å². The summed E-state index contributed by atoms with van der Waals surface area (Å²) in [6.07, 6.45) is -3.59. The molecule has 0 radical (unpaired) electrons. The lowest BCUT2D eigenvalue weighted by molar-refractivity contribution is -0.140. The second-order valence-electron chi connectivity index (χ2n) is 4.39. The van der Waals surface area contributed by atoms with Gasteiger partial charge in [-0.1, -0.05) is 23.7 Å². The minimum Gasteiger partial charge on any atom is -0.388 e. The molecule has 0 spiro atoms. The highest BCUT2D eigenvalue weighted by molar-refractivity contribution is 6.31. The van der Waals surface area contributed by atoms with Gasteiger partial charge in [-0.05, 0) is 17.7 Å². The van der Waals surface area contributed by atoms with Crippen molar-refractivity contribution in [1.29, 1.82) is 0 Å². The Hall–Kier alpha value is -1.66. The summed E-state index contributed by atoms with van der Waals surface area (Å²) >= 11 is 5.85. The maximum Gasteiger partial charge on any atom is 0.419 e. The molecule has 1 unspecified atom stereocenters. The minimum atomic E-state index is -4.81. The van der Waals surface area contributed by atoms with Crippen LogP contribution < -0.4 is 0 Å². The number of nitrogens with zero attached hydrogens (tertiary/aromatic N) is 1. The van der Waals surface area contributed by atoms with E-state index in [2.05, 4.69) is 4.98 Å². The summed E-state index contributed by atoms with van der Waals surface area (Å²) in [7, 11) is 0. The molecule has 0 aliphatic carbocycles. The van der Waals surface area contributed by atoms with Crippen molar-refractivity contribution < 1.29 is 22.7 Å². The molecule has 0 bridgehead atoms. The Morgan fingerprint density at radius 3 is 2.57 bits per heavy atom. The van der Waals surface area contributed by atoms with Crippen molar-refractivity contribution in [2.75, 3.05) is 0 Å². The summed E-state index contributed by atoms with van der Waals surface area (Å²) in [5.74, 6) is -1.47. The van der Waals surface area contributed by atoms with Gasteiger partial charge in [0.05, 0.1) is 16.7 Å². The second-order valence-corrected chi connectivity index (χ2v) is 4.80. The lowest BCUT2D eigenvalue weighted by atomic mass is 9.99. The predicted molar refractivity (Wildman–Crippen MR) is 69.3 cm³/mol. The molecule has 1 N–H and O–H groups in total. The second kappa shape index (κ2) is 5.99. The third-order valence-electron chi connectivity index (χ3n) is 2.96. The average molecular weight is 320 g/mol. The average Bonchev–Trinajstić information content (AvgIpc) is 2.40. The van der Waals surface area contributed by atoms with E-state index in [1.54, 1.807) is 0 Å². The fourth-order valence-electron chi connectivity index (χ4n) is 1.91. The fraction of sp³-hybridized carbons (Fsp3) is 0.214. The summed E-state index contributed by atoms with van der Waals surface area (Å²) in [5.41, 5.74) is -1.35.